The molecule has 1 aromatic rings. The van der Waals surface area contributed by atoms with Crippen molar-refractivity contribution in [3.05, 3.63) is 28.2 Å². The molecule has 0 aliphatic heterocycles. The number of hydrogen-bond acceptors (Lipinski definition) is 2. The highest BCUT2D eigenvalue weighted by Crippen LogP contribution is 2.33. The summed E-state index contributed by atoms with van der Waals surface area (Å²) >= 11 is 3.72. The summed E-state index contributed by atoms with van der Waals surface area (Å²) in [5, 5.41) is 0. The van der Waals surface area contributed by atoms with E-state index in [1.54, 1.807) is 0 Å². The smallest absolute Gasteiger partial charge is 0.0377 e. The number of nitrogens with two attached hydrogens (primary N) is 1. The minimum Gasteiger partial charge on any atom is -0.371 e. The van der Waals surface area contributed by atoms with Crippen molar-refractivity contribution in [1.82, 2.24) is 0 Å². The molecule has 0 spiro atoms. The van der Waals surface area contributed by atoms with Crippen LogP contribution in [0.25, 0.3) is 0 Å². The molecule has 112 valence electrons. The van der Waals surface area contributed by atoms with Gasteiger partial charge >= 0.3 is 0 Å². The zero-order valence-corrected chi connectivity index (χ0v) is 14.3. The van der Waals surface area contributed by atoms with E-state index in [-0.39, 0.29) is 6.04 Å². The summed E-state index contributed by atoms with van der Waals surface area (Å²) in [5.41, 5.74) is 8.73. The predicted octanol–water partition coefficient (Wildman–Crippen LogP) is 4.36. The highest BCUT2D eigenvalue weighted by atomic mass is 79.9. The van der Waals surface area contributed by atoms with Crippen molar-refractivity contribution in [2.75, 3.05) is 18.0 Å². The number of benzene rings is 1. The first-order valence-corrected chi connectivity index (χ1v) is 8.72. The first-order valence-electron chi connectivity index (χ1n) is 7.93. The van der Waals surface area contributed by atoms with Crippen LogP contribution in [0.3, 0.4) is 0 Å². The quantitative estimate of drug-likeness (QED) is 0.763. The van der Waals surface area contributed by atoms with Gasteiger partial charge in [0.25, 0.3) is 0 Å². The van der Waals surface area contributed by atoms with Gasteiger partial charge in [-0.1, -0.05) is 35.8 Å². The Labute approximate surface area is 131 Å². The summed E-state index contributed by atoms with van der Waals surface area (Å²) in [4.78, 5) is 2.53. The van der Waals surface area contributed by atoms with E-state index in [9.17, 15) is 0 Å². The lowest BCUT2D eigenvalue weighted by atomic mass is 10.0. The average molecular weight is 339 g/mol. The molecule has 1 atom stereocenters. The molecule has 3 heteroatoms. The molecule has 2 nitrogen and oxygen atoms in total. The highest BCUT2D eigenvalue weighted by Gasteiger charge is 2.24. The van der Waals surface area contributed by atoms with Crippen LogP contribution in [0.5, 0.6) is 0 Å². The van der Waals surface area contributed by atoms with E-state index in [0.29, 0.717) is 0 Å². The zero-order chi connectivity index (χ0) is 14.5. The molecule has 0 radical (unpaired) electrons. The van der Waals surface area contributed by atoms with Gasteiger partial charge in [0.2, 0.25) is 0 Å². The van der Waals surface area contributed by atoms with Crippen molar-refractivity contribution in [2.45, 2.75) is 52.0 Å². The predicted molar refractivity (Wildman–Crippen MR) is 91.3 cm³/mol. The van der Waals surface area contributed by atoms with Crippen LogP contribution in [0, 0.1) is 5.92 Å². The summed E-state index contributed by atoms with van der Waals surface area (Å²) in [7, 11) is 0. The van der Waals surface area contributed by atoms with Gasteiger partial charge in [-0.15, -0.1) is 0 Å². The van der Waals surface area contributed by atoms with Crippen LogP contribution in [0.15, 0.2) is 22.7 Å². The molecule has 0 heterocycles. The van der Waals surface area contributed by atoms with Crippen LogP contribution in [-0.2, 0) is 6.42 Å². The van der Waals surface area contributed by atoms with E-state index in [1.165, 1.54) is 41.5 Å². The third-order valence-corrected chi connectivity index (χ3v) is 4.82. The second kappa shape index (κ2) is 7.46. The Morgan fingerprint density at radius 1 is 1.35 bits per heavy atom. The van der Waals surface area contributed by atoms with E-state index < -0.39 is 0 Å². The molecule has 1 unspecified atom stereocenters. The fourth-order valence-corrected chi connectivity index (χ4v) is 3.06. The first-order chi connectivity index (χ1) is 9.63. The number of rotatable bonds is 8. The van der Waals surface area contributed by atoms with Gasteiger partial charge in [-0.2, -0.15) is 0 Å². The third-order valence-electron chi connectivity index (χ3n) is 4.08. The maximum Gasteiger partial charge on any atom is 0.0377 e. The van der Waals surface area contributed by atoms with Gasteiger partial charge in [0.05, 0.1) is 0 Å². The number of nitrogens with zero attached hydrogens (tertiary/aromatic N) is 1. The molecule has 1 aromatic carbocycles. The summed E-state index contributed by atoms with van der Waals surface area (Å²) in [6.07, 6.45) is 5.99. The topological polar surface area (TPSA) is 29.3 Å². The van der Waals surface area contributed by atoms with E-state index in [0.717, 1.165) is 25.3 Å². The third kappa shape index (κ3) is 4.49. The van der Waals surface area contributed by atoms with Crippen LogP contribution >= 0.6 is 15.9 Å². The molecule has 1 aliphatic carbocycles. The molecular weight excluding hydrogens is 312 g/mol. The molecule has 0 amide bonds. The zero-order valence-electron chi connectivity index (χ0n) is 12.7. The maximum atomic E-state index is 6.06. The van der Waals surface area contributed by atoms with Crippen LogP contribution in [-0.4, -0.2) is 19.1 Å². The Morgan fingerprint density at radius 3 is 2.65 bits per heavy atom. The fourth-order valence-electron chi connectivity index (χ4n) is 2.53. The van der Waals surface area contributed by atoms with Crippen molar-refractivity contribution in [3.8, 4) is 0 Å². The highest BCUT2D eigenvalue weighted by molar-refractivity contribution is 9.10. The number of halogens is 1. The van der Waals surface area contributed by atoms with Crippen molar-refractivity contribution in [3.63, 3.8) is 0 Å². The Kier molecular flexibility index (Phi) is 5.91. The van der Waals surface area contributed by atoms with Gasteiger partial charge in [0, 0.05) is 29.3 Å². The molecule has 1 saturated carbocycles. The fraction of sp³-hybridized carbons (Fsp3) is 0.647. The van der Waals surface area contributed by atoms with Crippen LogP contribution in [0.1, 0.15) is 45.1 Å². The minimum atomic E-state index is 0.260. The molecule has 0 bridgehead atoms. The van der Waals surface area contributed by atoms with Gasteiger partial charge in [-0.25, -0.2) is 0 Å². The normalized spacial score (nSPS) is 16.2. The molecule has 0 saturated heterocycles. The van der Waals surface area contributed by atoms with Gasteiger partial charge in [-0.05, 0) is 55.7 Å². The largest absolute Gasteiger partial charge is 0.371 e. The summed E-state index contributed by atoms with van der Waals surface area (Å²) in [6, 6.07) is 7.04. The molecule has 0 aromatic heterocycles. The molecular formula is C17H27BrN2. The molecule has 2 N–H and O–H groups in total. The molecule has 20 heavy (non-hydrogen) atoms. The van der Waals surface area contributed by atoms with Gasteiger partial charge < -0.3 is 10.6 Å². The monoisotopic (exact) mass is 338 g/mol. The molecule has 2 rings (SSSR count). The Morgan fingerprint density at radius 2 is 2.10 bits per heavy atom. The minimum absolute atomic E-state index is 0.260. The van der Waals surface area contributed by atoms with Crippen molar-refractivity contribution < 1.29 is 0 Å². The Hall–Kier alpha value is -0.540. The number of hydrogen-bond donors (Lipinski definition) is 1. The van der Waals surface area contributed by atoms with Crippen molar-refractivity contribution in [1.29, 1.82) is 0 Å². The van der Waals surface area contributed by atoms with E-state index in [2.05, 4.69) is 52.9 Å². The van der Waals surface area contributed by atoms with Crippen LogP contribution in [0.4, 0.5) is 5.69 Å². The van der Waals surface area contributed by atoms with Crippen LogP contribution < -0.4 is 10.6 Å². The van der Waals surface area contributed by atoms with Gasteiger partial charge in [0.1, 0.15) is 0 Å². The number of anilines is 1. The van der Waals surface area contributed by atoms with E-state index in [1.807, 2.05) is 0 Å². The lowest BCUT2D eigenvalue weighted by Gasteiger charge is -2.25. The van der Waals surface area contributed by atoms with Crippen molar-refractivity contribution >= 4 is 21.6 Å². The average Bonchev–Trinajstić information content (AvgIpc) is 3.24. The molecule has 1 aliphatic rings. The maximum absolute atomic E-state index is 6.06. The summed E-state index contributed by atoms with van der Waals surface area (Å²) < 4.78 is 1.20. The second-order valence-corrected chi connectivity index (χ2v) is 6.89. The van der Waals surface area contributed by atoms with E-state index in [4.69, 9.17) is 5.73 Å². The summed E-state index contributed by atoms with van der Waals surface area (Å²) in [6.45, 7) is 6.76. The Balaban J connectivity index is 2.08. The first kappa shape index (κ1) is 15.8. The van der Waals surface area contributed by atoms with Crippen LogP contribution in [0.2, 0.25) is 0 Å². The molecule has 1 fully saturated rings. The van der Waals surface area contributed by atoms with Crippen molar-refractivity contribution in [2.24, 2.45) is 11.7 Å². The lowest BCUT2D eigenvalue weighted by Crippen LogP contribution is -2.26. The SMILES string of the molecule is CCCN(CC1CC1)c1ccc(CC(N)CC)c(Br)c1. The standard InChI is InChI=1S/C17H27BrN2/c1-3-9-20(12-13-5-6-13)16-8-7-14(17(18)11-16)10-15(19)4-2/h7-8,11,13,15H,3-6,9-10,12,19H2,1-2H3. The second-order valence-electron chi connectivity index (χ2n) is 6.04. The summed E-state index contributed by atoms with van der Waals surface area (Å²) in [5.74, 6) is 0.925. The lowest BCUT2D eigenvalue weighted by molar-refractivity contribution is 0.645. The van der Waals surface area contributed by atoms with Gasteiger partial charge in [-0.3, -0.25) is 0 Å². The van der Waals surface area contributed by atoms with E-state index >= 15 is 0 Å². The Bertz CT molecular complexity index is 429. The van der Waals surface area contributed by atoms with Gasteiger partial charge in [0.15, 0.2) is 0 Å².